The van der Waals surface area contributed by atoms with Gasteiger partial charge in [0, 0.05) is 48.4 Å². The van der Waals surface area contributed by atoms with E-state index in [0.29, 0.717) is 21.5 Å². The van der Waals surface area contributed by atoms with Gasteiger partial charge in [-0.2, -0.15) is 0 Å². The second-order valence-corrected chi connectivity index (χ2v) is 6.81. The maximum atomic E-state index is 12.4. The molecule has 0 spiro atoms. The predicted molar refractivity (Wildman–Crippen MR) is 106 cm³/mol. The molecule has 1 aliphatic heterocycles. The molecule has 138 valence electrons. The lowest BCUT2D eigenvalue weighted by Crippen LogP contribution is -2.48. The summed E-state index contributed by atoms with van der Waals surface area (Å²) in [5.41, 5.74) is 2.32. The van der Waals surface area contributed by atoms with Crippen LogP contribution in [0, 0.1) is 0 Å². The number of ether oxygens (including phenoxy) is 1. The van der Waals surface area contributed by atoms with Gasteiger partial charge in [-0.05, 0) is 12.1 Å². The van der Waals surface area contributed by atoms with Crippen molar-refractivity contribution in [3.8, 4) is 16.9 Å². The van der Waals surface area contributed by atoms with Gasteiger partial charge in [-0.1, -0.05) is 41.4 Å². The van der Waals surface area contributed by atoms with Crippen molar-refractivity contribution >= 4 is 34.8 Å². The minimum atomic E-state index is 0.0581. The quantitative estimate of drug-likeness (QED) is 0.815. The Bertz CT molecular complexity index is 792. The van der Waals surface area contributed by atoms with Crippen LogP contribution in [0.4, 0.5) is 5.69 Å². The number of hydrogen-bond acceptors (Lipinski definition) is 4. The van der Waals surface area contributed by atoms with Crippen LogP contribution >= 0.6 is 23.2 Å². The van der Waals surface area contributed by atoms with E-state index in [9.17, 15) is 4.79 Å². The van der Waals surface area contributed by atoms with Gasteiger partial charge >= 0.3 is 0 Å². The zero-order valence-corrected chi connectivity index (χ0v) is 16.0. The molecule has 1 heterocycles. The molecule has 0 atom stereocenters. The molecule has 2 aromatic rings. The lowest BCUT2D eigenvalue weighted by molar-refractivity contribution is -0.129. The van der Waals surface area contributed by atoms with Crippen LogP contribution in [0.1, 0.15) is 0 Å². The predicted octanol–water partition coefficient (Wildman–Crippen LogP) is 3.51. The second kappa shape index (κ2) is 8.62. The van der Waals surface area contributed by atoms with Crippen LogP contribution in [0.5, 0.6) is 5.75 Å². The van der Waals surface area contributed by atoms with Crippen LogP contribution in [-0.2, 0) is 4.79 Å². The average Bonchev–Trinajstić information content (AvgIpc) is 2.67. The Hall–Kier alpha value is -1.95. The van der Waals surface area contributed by atoms with Gasteiger partial charge in [0.05, 0.1) is 24.4 Å². The smallest absolute Gasteiger partial charge is 0.241 e. The normalized spacial score (nSPS) is 14.2. The van der Waals surface area contributed by atoms with Crippen molar-refractivity contribution < 1.29 is 9.53 Å². The summed E-state index contributed by atoms with van der Waals surface area (Å²) in [5.74, 6) is 0.640. The molecule has 1 amide bonds. The molecule has 1 aliphatic rings. The van der Waals surface area contributed by atoms with Crippen LogP contribution in [0.15, 0.2) is 36.4 Å². The number of hydrogen-bond donors (Lipinski definition) is 2. The molecule has 5 nitrogen and oxygen atoms in total. The molecule has 1 fully saturated rings. The van der Waals surface area contributed by atoms with Crippen molar-refractivity contribution in [2.24, 2.45) is 0 Å². The Morgan fingerprint density at radius 3 is 2.58 bits per heavy atom. The Kier molecular flexibility index (Phi) is 6.25. The van der Waals surface area contributed by atoms with Crippen molar-refractivity contribution in [3.63, 3.8) is 0 Å². The van der Waals surface area contributed by atoms with E-state index < -0.39 is 0 Å². The molecule has 0 aliphatic carbocycles. The van der Waals surface area contributed by atoms with Crippen molar-refractivity contribution in [2.75, 3.05) is 45.2 Å². The van der Waals surface area contributed by atoms with Crippen molar-refractivity contribution in [2.45, 2.75) is 0 Å². The molecule has 7 heteroatoms. The van der Waals surface area contributed by atoms with Gasteiger partial charge in [0.1, 0.15) is 5.75 Å². The summed E-state index contributed by atoms with van der Waals surface area (Å²) in [4.78, 5) is 14.2. The number of amides is 1. The lowest BCUT2D eigenvalue weighted by atomic mass is 10.0. The summed E-state index contributed by atoms with van der Waals surface area (Å²) in [6, 6.07) is 11.1. The van der Waals surface area contributed by atoms with Gasteiger partial charge in [-0.3, -0.25) is 4.79 Å². The Morgan fingerprint density at radius 1 is 1.15 bits per heavy atom. The van der Waals surface area contributed by atoms with E-state index in [0.717, 1.165) is 37.3 Å². The number of carbonyl (C=O) groups excluding carboxylic acids is 1. The number of anilines is 1. The first-order chi connectivity index (χ1) is 12.6. The molecule has 3 rings (SSSR count). The van der Waals surface area contributed by atoms with Gasteiger partial charge in [0.15, 0.2) is 0 Å². The van der Waals surface area contributed by atoms with E-state index in [2.05, 4.69) is 10.6 Å². The third kappa shape index (κ3) is 4.23. The minimum absolute atomic E-state index is 0.0581. The first kappa shape index (κ1) is 18.8. The third-order valence-electron chi connectivity index (χ3n) is 4.35. The third-order valence-corrected chi connectivity index (χ3v) is 5.00. The van der Waals surface area contributed by atoms with E-state index >= 15 is 0 Å². The second-order valence-electron chi connectivity index (χ2n) is 6.00. The average molecular weight is 394 g/mol. The van der Waals surface area contributed by atoms with E-state index in [-0.39, 0.29) is 12.5 Å². The molecule has 26 heavy (non-hydrogen) atoms. The van der Waals surface area contributed by atoms with Crippen molar-refractivity contribution in [3.05, 3.63) is 46.4 Å². The number of nitrogens with zero attached hydrogens (tertiary/aromatic N) is 1. The number of nitrogens with one attached hydrogen (secondary N) is 2. The maximum Gasteiger partial charge on any atom is 0.241 e. The highest BCUT2D eigenvalue weighted by atomic mass is 35.5. The molecule has 0 aromatic heterocycles. The van der Waals surface area contributed by atoms with Crippen LogP contribution < -0.4 is 15.4 Å². The Balaban J connectivity index is 1.82. The fourth-order valence-corrected chi connectivity index (χ4v) is 3.44. The minimum Gasteiger partial charge on any atom is -0.495 e. The van der Waals surface area contributed by atoms with Crippen LogP contribution in [0.2, 0.25) is 10.0 Å². The van der Waals surface area contributed by atoms with Crippen LogP contribution in [0.3, 0.4) is 0 Å². The summed E-state index contributed by atoms with van der Waals surface area (Å²) in [7, 11) is 1.57. The van der Waals surface area contributed by atoms with Gasteiger partial charge in [0.2, 0.25) is 5.91 Å². The highest BCUT2D eigenvalue weighted by molar-refractivity contribution is 6.36. The van der Waals surface area contributed by atoms with Gasteiger partial charge in [-0.15, -0.1) is 0 Å². The fourth-order valence-electron chi connectivity index (χ4n) is 2.94. The van der Waals surface area contributed by atoms with E-state index in [4.69, 9.17) is 27.9 Å². The van der Waals surface area contributed by atoms with Crippen molar-refractivity contribution in [1.82, 2.24) is 10.2 Å². The highest BCUT2D eigenvalue weighted by Gasteiger charge is 2.18. The van der Waals surface area contributed by atoms with E-state index in [1.54, 1.807) is 13.2 Å². The number of carbonyl (C=O) groups is 1. The lowest BCUT2D eigenvalue weighted by Gasteiger charge is -2.27. The molecular formula is C19H21Cl2N3O2. The van der Waals surface area contributed by atoms with Gasteiger partial charge in [-0.25, -0.2) is 0 Å². The molecule has 2 aromatic carbocycles. The number of methoxy groups -OCH3 is 1. The fraction of sp³-hybridized carbons (Fsp3) is 0.316. The zero-order valence-electron chi connectivity index (χ0n) is 14.5. The monoisotopic (exact) mass is 393 g/mol. The summed E-state index contributed by atoms with van der Waals surface area (Å²) in [6.07, 6.45) is 0. The molecular weight excluding hydrogens is 373 g/mol. The number of rotatable bonds is 5. The number of halogens is 2. The summed E-state index contributed by atoms with van der Waals surface area (Å²) in [6.45, 7) is 3.30. The van der Waals surface area contributed by atoms with Gasteiger partial charge < -0.3 is 20.3 Å². The molecule has 1 saturated heterocycles. The van der Waals surface area contributed by atoms with Crippen LogP contribution in [0.25, 0.3) is 11.1 Å². The zero-order chi connectivity index (χ0) is 18.5. The largest absolute Gasteiger partial charge is 0.495 e. The van der Waals surface area contributed by atoms with Crippen molar-refractivity contribution in [1.29, 1.82) is 0 Å². The summed E-state index contributed by atoms with van der Waals surface area (Å²) >= 11 is 12.7. The Morgan fingerprint density at radius 2 is 1.88 bits per heavy atom. The standard InChI is InChI=1S/C19H21Cl2N3O2/c1-26-18-11-16(21)14(13-4-2-3-5-15(13)20)10-17(18)23-12-19(25)24-8-6-22-7-9-24/h2-5,10-11,22-23H,6-9,12H2,1H3. The van der Waals surface area contributed by atoms with E-state index in [1.807, 2.05) is 35.2 Å². The summed E-state index contributed by atoms with van der Waals surface area (Å²) in [5, 5.41) is 7.57. The Labute approximate surface area is 163 Å². The van der Waals surface area contributed by atoms with Crippen LogP contribution in [-0.4, -0.2) is 50.6 Å². The highest BCUT2D eigenvalue weighted by Crippen LogP contribution is 2.39. The molecule has 2 N–H and O–H groups in total. The molecule has 0 radical (unpaired) electrons. The summed E-state index contributed by atoms with van der Waals surface area (Å²) < 4.78 is 5.41. The first-order valence-corrected chi connectivity index (χ1v) is 9.20. The maximum absolute atomic E-state index is 12.4. The van der Waals surface area contributed by atoms with E-state index in [1.165, 1.54) is 0 Å². The number of piperazine rings is 1. The molecule has 0 unspecified atom stereocenters. The van der Waals surface area contributed by atoms with Gasteiger partial charge in [0.25, 0.3) is 0 Å². The molecule has 0 bridgehead atoms. The number of benzene rings is 2. The first-order valence-electron chi connectivity index (χ1n) is 8.45. The topological polar surface area (TPSA) is 53.6 Å². The SMILES string of the molecule is COc1cc(Cl)c(-c2ccccc2Cl)cc1NCC(=O)N1CCNCC1. The molecule has 0 saturated carbocycles.